The summed E-state index contributed by atoms with van der Waals surface area (Å²) in [5, 5.41) is 25.5. The first-order valence-electron chi connectivity index (χ1n) is 24.0. The van der Waals surface area contributed by atoms with E-state index >= 15 is 0 Å². The Morgan fingerprint density at radius 3 is 0.455 bits per heavy atom. The average Bonchev–Trinajstić information content (AvgIpc) is 3.14. The SMILES string of the molecule is CCCCCCCCCCCCCCCC(=O)O.CCCCCCCCCCCCCCCC(=O)O.CCCCCCCCCCCCCCCC(=O)O.[Al]. The van der Waals surface area contributed by atoms with Crippen molar-refractivity contribution in [2.24, 2.45) is 0 Å². The van der Waals surface area contributed by atoms with E-state index < -0.39 is 17.9 Å². The Hall–Kier alpha value is -1.06. The molecule has 0 saturated carbocycles. The third-order valence-corrected chi connectivity index (χ3v) is 10.5. The van der Waals surface area contributed by atoms with Crippen molar-refractivity contribution >= 4 is 35.3 Å². The molecule has 55 heavy (non-hydrogen) atoms. The number of aliphatic carboxylic acids is 3. The minimum atomic E-state index is -0.655. The second kappa shape index (κ2) is 57.3. The number of carboxylic acid groups (broad SMARTS) is 3. The van der Waals surface area contributed by atoms with Crippen molar-refractivity contribution in [2.45, 2.75) is 290 Å². The molecule has 3 N–H and O–H groups in total. The van der Waals surface area contributed by atoms with Gasteiger partial charge in [0.05, 0.1) is 0 Å². The maximum absolute atomic E-state index is 10.3. The summed E-state index contributed by atoms with van der Waals surface area (Å²) >= 11 is 0. The summed E-state index contributed by atoms with van der Waals surface area (Å²) < 4.78 is 0. The Morgan fingerprint density at radius 1 is 0.236 bits per heavy atom. The standard InChI is InChI=1S/3C16H32O2.Al/c3*1-2-3-4-5-6-7-8-9-10-11-12-13-14-15-16(17)18;/h3*2-15H2,1H3,(H,17,18);. The van der Waals surface area contributed by atoms with Gasteiger partial charge in [-0.05, 0) is 19.3 Å². The van der Waals surface area contributed by atoms with Crippen molar-refractivity contribution in [1.29, 1.82) is 0 Å². The molecule has 0 unspecified atom stereocenters. The lowest BCUT2D eigenvalue weighted by Crippen LogP contribution is -1.93. The van der Waals surface area contributed by atoms with Gasteiger partial charge in [-0.25, -0.2) is 0 Å². The van der Waals surface area contributed by atoms with Gasteiger partial charge < -0.3 is 15.3 Å². The maximum atomic E-state index is 10.3. The van der Waals surface area contributed by atoms with Crippen molar-refractivity contribution in [3.8, 4) is 0 Å². The van der Waals surface area contributed by atoms with Crippen LogP contribution in [-0.4, -0.2) is 50.6 Å². The van der Waals surface area contributed by atoms with Gasteiger partial charge in [-0.2, -0.15) is 0 Å². The molecule has 0 bridgehead atoms. The Balaban J connectivity index is -0.000000351. The molecule has 0 rings (SSSR count). The van der Waals surface area contributed by atoms with E-state index in [9.17, 15) is 14.4 Å². The van der Waals surface area contributed by atoms with Gasteiger partial charge in [-0.3, -0.25) is 14.4 Å². The van der Waals surface area contributed by atoms with Crippen LogP contribution in [0.3, 0.4) is 0 Å². The Labute approximate surface area is 354 Å². The molecule has 6 nitrogen and oxygen atoms in total. The van der Waals surface area contributed by atoms with Crippen LogP contribution in [-0.2, 0) is 14.4 Å². The van der Waals surface area contributed by atoms with Gasteiger partial charge in [0, 0.05) is 36.6 Å². The Bertz CT molecular complexity index is 636. The van der Waals surface area contributed by atoms with E-state index in [1.807, 2.05) is 0 Å². The van der Waals surface area contributed by atoms with Gasteiger partial charge in [0.25, 0.3) is 0 Å². The van der Waals surface area contributed by atoms with Crippen molar-refractivity contribution < 1.29 is 29.7 Å². The first-order valence-corrected chi connectivity index (χ1v) is 24.0. The average molecular weight is 796 g/mol. The summed E-state index contributed by atoms with van der Waals surface area (Å²) in [6.45, 7) is 6.78. The molecule has 0 aromatic carbocycles. The monoisotopic (exact) mass is 796 g/mol. The zero-order valence-electron chi connectivity index (χ0n) is 37.3. The molecule has 0 heterocycles. The van der Waals surface area contributed by atoms with E-state index in [0.717, 1.165) is 38.5 Å². The quantitative estimate of drug-likeness (QED) is 0.0419. The normalized spacial score (nSPS) is 10.5. The number of carbonyl (C=O) groups is 3. The van der Waals surface area contributed by atoms with Crippen molar-refractivity contribution in [2.75, 3.05) is 0 Å². The minimum absolute atomic E-state index is 0. The molecule has 0 atom stereocenters. The second-order valence-corrected chi connectivity index (χ2v) is 16.2. The fourth-order valence-electron chi connectivity index (χ4n) is 6.88. The van der Waals surface area contributed by atoms with Crippen molar-refractivity contribution in [3.05, 3.63) is 0 Å². The molecule has 7 heteroatoms. The lowest BCUT2D eigenvalue weighted by molar-refractivity contribution is -0.138. The molecule has 0 aliphatic rings. The lowest BCUT2D eigenvalue weighted by atomic mass is 10.0. The van der Waals surface area contributed by atoms with Crippen LogP contribution in [0, 0.1) is 0 Å². The molecule has 0 spiro atoms. The number of unbranched alkanes of at least 4 members (excludes halogenated alkanes) is 36. The second-order valence-electron chi connectivity index (χ2n) is 16.2. The molecular formula is C48H96AlO6. The van der Waals surface area contributed by atoms with Gasteiger partial charge in [0.15, 0.2) is 0 Å². The summed E-state index contributed by atoms with van der Waals surface area (Å²) in [7, 11) is 0. The zero-order chi connectivity index (χ0) is 40.4. The lowest BCUT2D eigenvalue weighted by Gasteiger charge is -2.02. The van der Waals surface area contributed by atoms with Crippen molar-refractivity contribution in [3.63, 3.8) is 0 Å². The Morgan fingerprint density at radius 2 is 0.345 bits per heavy atom. The van der Waals surface area contributed by atoms with Crippen LogP contribution >= 0.6 is 0 Å². The predicted molar refractivity (Wildman–Crippen MR) is 240 cm³/mol. The fraction of sp³-hybridized carbons (Fsp3) is 0.938. The van der Waals surface area contributed by atoms with Gasteiger partial charge in [0.2, 0.25) is 0 Å². The van der Waals surface area contributed by atoms with Crippen LogP contribution in [0.1, 0.15) is 290 Å². The van der Waals surface area contributed by atoms with Crippen LogP contribution in [0.2, 0.25) is 0 Å². The summed E-state index contributed by atoms with van der Waals surface area (Å²) in [5.74, 6) is -1.96. The van der Waals surface area contributed by atoms with Crippen LogP contribution in [0.25, 0.3) is 0 Å². The number of carboxylic acids is 3. The van der Waals surface area contributed by atoms with Crippen LogP contribution in [0.15, 0.2) is 0 Å². The summed E-state index contributed by atoms with van der Waals surface area (Å²) in [5.41, 5.74) is 0. The summed E-state index contributed by atoms with van der Waals surface area (Å²) in [4.78, 5) is 30.9. The van der Waals surface area contributed by atoms with Gasteiger partial charge in [0.1, 0.15) is 0 Å². The van der Waals surface area contributed by atoms with E-state index in [2.05, 4.69) is 20.8 Å². The third-order valence-electron chi connectivity index (χ3n) is 10.5. The van der Waals surface area contributed by atoms with E-state index in [0.29, 0.717) is 19.3 Å². The minimum Gasteiger partial charge on any atom is -0.481 e. The van der Waals surface area contributed by atoms with Gasteiger partial charge in [-0.1, -0.05) is 252 Å². The van der Waals surface area contributed by atoms with Gasteiger partial charge in [-0.15, -0.1) is 0 Å². The highest BCUT2D eigenvalue weighted by Gasteiger charge is 1.99. The molecule has 0 fully saturated rings. The molecule has 0 aromatic rings. The largest absolute Gasteiger partial charge is 0.481 e. The molecule has 0 amide bonds. The highest BCUT2D eigenvalue weighted by atomic mass is 27.0. The molecule has 0 aromatic heterocycles. The molecule has 327 valence electrons. The molecular weight excluding hydrogens is 700 g/mol. The topological polar surface area (TPSA) is 112 Å². The molecule has 0 aliphatic heterocycles. The smallest absolute Gasteiger partial charge is 0.303 e. The Kier molecular flexibility index (Phi) is 63.1. The number of hydrogen-bond acceptors (Lipinski definition) is 3. The highest BCUT2D eigenvalue weighted by molar-refractivity contribution is 5.75. The van der Waals surface area contributed by atoms with E-state index in [4.69, 9.17) is 15.3 Å². The highest BCUT2D eigenvalue weighted by Crippen LogP contribution is 2.15. The zero-order valence-corrected chi connectivity index (χ0v) is 38.5. The predicted octanol–water partition coefficient (Wildman–Crippen LogP) is 16.3. The molecule has 3 radical (unpaired) electrons. The molecule has 0 aliphatic carbocycles. The summed E-state index contributed by atoms with van der Waals surface area (Å²) in [6, 6.07) is 0. The first kappa shape index (κ1) is 60.6. The van der Waals surface area contributed by atoms with Gasteiger partial charge >= 0.3 is 17.9 Å². The first-order chi connectivity index (χ1) is 26.3. The van der Waals surface area contributed by atoms with Crippen LogP contribution in [0.5, 0.6) is 0 Å². The van der Waals surface area contributed by atoms with Crippen LogP contribution < -0.4 is 0 Å². The fourth-order valence-corrected chi connectivity index (χ4v) is 6.88. The number of hydrogen-bond donors (Lipinski definition) is 3. The van der Waals surface area contributed by atoms with Crippen molar-refractivity contribution in [1.82, 2.24) is 0 Å². The summed E-state index contributed by atoms with van der Waals surface area (Å²) in [6.07, 6.45) is 51.8. The van der Waals surface area contributed by atoms with Crippen LogP contribution in [0.4, 0.5) is 0 Å². The number of rotatable bonds is 42. The van der Waals surface area contributed by atoms with E-state index in [-0.39, 0.29) is 17.4 Å². The van der Waals surface area contributed by atoms with E-state index in [1.54, 1.807) is 0 Å². The third kappa shape index (κ3) is 71.2. The molecule has 0 saturated heterocycles. The van der Waals surface area contributed by atoms with E-state index in [1.165, 1.54) is 212 Å². The maximum Gasteiger partial charge on any atom is 0.303 e.